The summed E-state index contributed by atoms with van der Waals surface area (Å²) >= 11 is 0. The molecule has 1 amide bonds. The molecule has 1 atom stereocenters. The molecule has 1 aliphatic rings. The summed E-state index contributed by atoms with van der Waals surface area (Å²) in [5.74, 6) is -2.53. The van der Waals surface area contributed by atoms with Crippen LogP contribution in [0.1, 0.15) is 17.3 Å². The molecule has 0 saturated carbocycles. The number of benzene rings is 2. The summed E-state index contributed by atoms with van der Waals surface area (Å²) in [4.78, 5) is 25.8. The van der Waals surface area contributed by atoms with Gasteiger partial charge in [0.2, 0.25) is 0 Å². The lowest BCUT2D eigenvalue weighted by Gasteiger charge is -2.30. The van der Waals surface area contributed by atoms with Gasteiger partial charge in [-0.15, -0.1) is 0 Å². The van der Waals surface area contributed by atoms with E-state index in [0.717, 1.165) is 12.1 Å². The first kappa shape index (κ1) is 26.1. The van der Waals surface area contributed by atoms with Gasteiger partial charge >= 0.3 is 0 Å². The van der Waals surface area contributed by atoms with Gasteiger partial charge in [-0.05, 0) is 17.7 Å². The van der Waals surface area contributed by atoms with Gasteiger partial charge in [-0.2, -0.15) is 0 Å². The van der Waals surface area contributed by atoms with Crippen LogP contribution in [-0.4, -0.2) is 65.8 Å². The lowest BCUT2D eigenvalue weighted by Crippen LogP contribution is -2.38. The molecule has 4 aromatic rings. The molecule has 39 heavy (non-hydrogen) atoms. The number of aliphatic hydroxyl groups excluding tert-OH is 1. The average Bonchev–Trinajstić information content (AvgIpc) is 3.36. The fourth-order valence-corrected chi connectivity index (χ4v) is 4.20. The molecule has 11 heteroatoms. The third kappa shape index (κ3) is 5.13. The first-order valence-corrected chi connectivity index (χ1v) is 12.2. The lowest BCUT2D eigenvalue weighted by molar-refractivity contribution is 0.0706. The standard InChI is InChI=1S/C28H27F2N5O4/c1-28(14-36)13-33-27(38-15-28)34-16-10-20(29)24(21(30)11-16)39-22-8-9-31-25-23(22)19(12-32-25)17-6-4-5-7-18(17)26(37)35(2)3/h4-12,36H,13-15H2,1-3H3,(H,31,32)(H,33,34)/t28-/m1/s1. The Labute approximate surface area is 223 Å². The van der Waals surface area contributed by atoms with E-state index in [-0.39, 0.29) is 36.6 Å². The van der Waals surface area contributed by atoms with E-state index in [1.54, 1.807) is 44.6 Å². The monoisotopic (exact) mass is 535 g/mol. The van der Waals surface area contributed by atoms with Gasteiger partial charge in [-0.3, -0.25) is 4.79 Å². The number of anilines is 1. The Bertz CT molecular complexity index is 1560. The third-order valence-electron chi connectivity index (χ3n) is 6.39. The second kappa shape index (κ2) is 10.3. The second-order valence-corrected chi connectivity index (χ2v) is 9.86. The Balaban J connectivity index is 1.48. The molecule has 0 saturated heterocycles. The Hall–Kier alpha value is -4.51. The zero-order chi connectivity index (χ0) is 27.7. The van der Waals surface area contributed by atoms with Gasteiger partial charge < -0.3 is 29.8 Å². The Morgan fingerprint density at radius 1 is 1.21 bits per heavy atom. The van der Waals surface area contributed by atoms with Gasteiger partial charge in [0, 0.05) is 60.9 Å². The number of nitrogens with zero attached hydrogens (tertiary/aromatic N) is 3. The fourth-order valence-electron chi connectivity index (χ4n) is 4.20. The SMILES string of the molecule is CN(C)C(=O)c1ccccc1-c1c[nH]c2nccc(Oc3c(F)cc(NC4=NC[C@](C)(CO)CO4)cc3F)c12. The highest BCUT2D eigenvalue weighted by atomic mass is 19.1. The molecule has 0 radical (unpaired) electrons. The van der Waals surface area contributed by atoms with Crippen LogP contribution in [0, 0.1) is 17.0 Å². The minimum atomic E-state index is -0.945. The van der Waals surface area contributed by atoms with Crippen LogP contribution in [0.15, 0.2) is 59.9 Å². The van der Waals surface area contributed by atoms with Crippen LogP contribution in [0.25, 0.3) is 22.2 Å². The Kier molecular flexibility index (Phi) is 6.92. The summed E-state index contributed by atoms with van der Waals surface area (Å²) in [6, 6.07) is 10.8. The van der Waals surface area contributed by atoms with Crippen LogP contribution >= 0.6 is 0 Å². The van der Waals surface area contributed by atoms with Crippen molar-refractivity contribution in [2.75, 3.05) is 39.2 Å². The van der Waals surface area contributed by atoms with Gasteiger partial charge in [0.05, 0.1) is 18.5 Å². The van der Waals surface area contributed by atoms with Gasteiger partial charge in [-0.1, -0.05) is 25.1 Å². The molecule has 0 unspecified atom stereocenters. The van der Waals surface area contributed by atoms with Gasteiger partial charge in [0.1, 0.15) is 18.0 Å². The number of amidine groups is 1. The molecular formula is C28H27F2N5O4. The zero-order valence-corrected chi connectivity index (χ0v) is 21.6. The van der Waals surface area contributed by atoms with E-state index in [2.05, 4.69) is 20.3 Å². The number of fused-ring (bicyclic) bond motifs is 1. The van der Waals surface area contributed by atoms with E-state index in [4.69, 9.17) is 9.47 Å². The van der Waals surface area contributed by atoms with E-state index in [1.165, 1.54) is 17.2 Å². The van der Waals surface area contributed by atoms with Gasteiger partial charge in [0.15, 0.2) is 17.4 Å². The quantitative estimate of drug-likeness (QED) is 0.327. The van der Waals surface area contributed by atoms with Crippen molar-refractivity contribution in [3.63, 3.8) is 0 Å². The summed E-state index contributed by atoms with van der Waals surface area (Å²) in [5.41, 5.74) is 1.68. The van der Waals surface area contributed by atoms with Crippen molar-refractivity contribution in [2.45, 2.75) is 6.92 Å². The molecule has 0 bridgehead atoms. The number of hydrogen-bond acceptors (Lipinski definition) is 7. The predicted octanol–water partition coefficient (Wildman–Crippen LogP) is 4.80. The number of H-pyrrole nitrogens is 1. The highest BCUT2D eigenvalue weighted by molar-refractivity contribution is 6.06. The van der Waals surface area contributed by atoms with Crippen molar-refractivity contribution < 1.29 is 28.2 Å². The number of carbonyl (C=O) groups excluding carboxylic acids is 1. The number of ether oxygens (including phenoxy) is 2. The van der Waals surface area contributed by atoms with Crippen molar-refractivity contribution in [2.24, 2.45) is 10.4 Å². The van der Waals surface area contributed by atoms with Crippen LogP contribution in [0.2, 0.25) is 0 Å². The van der Waals surface area contributed by atoms with Crippen molar-refractivity contribution >= 4 is 28.6 Å². The first-order chi connectivity index (χ1) is 18.7. The molecule has 2 aromatic heterocycles. The topological polar surface area (TPSA) is 112 Å². The number of carbonyl (C=O) groups is 1. The summed E-state index contributed by atoms with van der Waals surface area (Å²) in [7, 11) is 3.32. The van der Waals surface area contributed by atoms with Crippen LogP contribution < -0.4 is 10.1 Å². The number of nitrogens with one attached hydrogen (secondary N) is 2. The zero-order valence-electron chi connectivity index (χ0n) is 21.6. The molecular weight excluding hydrogens is 508 g/mol. The summed E-state index contributed by atoms with van der Waals surface area (Å²) in [5, 5.41) is 12.7. The highest BCUT2D eigenvalue weighted by Gasteiger charge is 2.29. The van der Waals surface area contributed by atoms with Crippen LogP contribution in [0.3, 0.4) is 0 Å². The summed E-state index contributed by atoms with van der Waals surface area (Å²) in [6.45, 7) is 2.24. The van der Waals surface area contributed by atoms with Crippen LogP contribution in [0.5, 0.6) is 11.5 Å². The Morgan fingerprint density at radius 2 is 1.95 bits per heavy atom. The average molecular weight is 536 g/mol. The van der Waals surface area contributed by atoms with Crippen molar-refractivity contribution in [1.29, 1.82) is 0 Å². The van der Waals surface area contributed by atoms with E-state index < -0.39 is 22.8 Å². The van der Waals surface area contributed by atoms with Crippen molar-refractivity contribution in [3.05, 3.63) is 72.1 Å². The summed E-state index contributed by atoms with van der Waals surface area (Å²) < 4.78 is 41.6. The molecule has 2 aromatic carbocycles. The van der Waals surface area contributed by atoms with E-state index in [9.17, 15) is 9.90 Å². The molecule has 0 aliphatic carbocycles. The molecule has 3 heterocycles. The second-order valence-electron chi connectivity index (χ2n) is 9.86. The van der Waals surface area contributed by atoms with E-state index in [1.807, 2.05) is 6.92 Å². The molecule has 202 valence electrons. The van der Waals surface area contributed by atoms with E-state index >= 15 is 8.78 Å². The smallest absolute Gasteiger partial charge is 0.289 e. The normalized spacial score (nSPS) is 16.9. The molecule has 0 spiro atoms. The van der Waals surface area contributed by atoms with Crippen molar-refractivity contribution in [1.82, 2.24) is 14.9 Å². The number of aliphatic hydroxyl groups is 1. The molecule has 0 fully saturated rings. The predicted molar refractivity (Wildman–Crippen MR) is 143 cm³/mol. The number of aromatic nitrogens is 2. The first-order valence-electron chi connectivity index (χ1n) is 12.2. The minimum absolute atomic E-state index is 0.0852. The summed E-state index contributed by atoms with van der Waals surface area (Å²) in [6.07, 6.45) is 3.14. The van der Waals surface area contributed by atoms with Crippen LogP contribution in [-0.2, 0) is 4.74 Å². The third-order valence-corrected chi connectivity index (χ3v) is 6.39. The maximum absolute atomic E-state index is 15.1. The number of halogens is 2. The molecule has 3 N–H and O–H groups in total. The largest absolute Gasteiger partial charge is 0.464 e. The molecule has 9 nitrogen and oxygen atoms in total. The fraction of sp³-hybridized carbons (Fsp3) is 0.250. The number of amides is 1. The number of aromatic amines is 1. The van der Waals surface area contributed by atoms with Crippen LogP contribution in [0.4, 0.5) is 14.5 Å². The lowest BCUT2D eigenvalue weighted by atomic mass is 9.93. The maximum atomic E-state index is 15.1. The number of rotatable bonds is 6. The highest BCUT2D eigenvalue weighted by Crippen LogP contribution is 2.39. The van der Waals surface area contributed by atoms with E-state index in [0.29, 0.717) is 34.3 Å². The number of pyridine rings is 1. The Morgan fingerprint density at radius 3 is 2.62 bits per heavy atom. The van der Waals surface area contributed by atoms with Gasteiger partial charge in [-0.25, -0.2) is 18.8 Å². The van der Waals surface area contributed by atoms with Gasteiger partial charge in [0.25, 0.3) is 11.9 Å². The molecule has 1 aliphatic heterocycles. The number of hydrogen-bond donors (Lipinski definition) is 3. The number of aliphatic imine (C=N–C) groups is 1. The van der Waals surface area contributed by atoms with Crippen molar-refractivity contribution in [3.8, 4) is 22.6 Å². The molecule has 5 rings (SSSR count). The maximum Gasteiger partial charge on any atom is 0.289 e. The minimum Gasteiger partial charge on any atom is -0.464 e.